The number of aromatic nitrogens is 1. The van der Waals surface area contributed by atoms with Crippen molar-refractivity contribution in [3.8, 4) is 0 Å². The normalized spacial score (nSPS) is 20.1. The van der Waals surface area contributed by atoms with Gasteiger partial charge in [0.1, 0.15) is 0 Å². The van der Waals surface area contributed by atoms with Gasteiger partial charge in [0.2, 0.25) is 0 Å². The molecule has 5 heteroatoms. The molecule has 0 spiro atoms. The SMILES string of the molecule is CN(C)C1CCCN(Cc2cc(=O)c3cccc(Cl)c3[nH]2)CC1. The number of halogens is 1. The summed E-state index contributed by atoms with van der Waals surface area (Å²) >= 11 is 6.23. The number of benzene rings is 1. The standard InChI is InChI=1S/C18H24ClN3O/c1-21(2)14-5-4-9-22(10-8-14)12-13-11-17(23)15-6-3-7-16(19)18(15)20-13/h3,6-7,11,14H,4-5,8-10,12H2,1-2H3,(H,20,23). The molecule has 0 radical (unpaired) electrons. The number of hydrogen-bond acceptors (Lipinski definition) is 3. The number of pyridine rings is 1. The van der Waals surface area contributed by atoms with E-state index in [1.807, 2.05) is 18.2 Å². The first-order valence-corrected chi connectivity index (χ1v) is 8.61. The van der Waals surface area contributed by atoms with E-state index in [9.17, 15) is 4.79 Å². The van der Waals surface area contributed by atoms with Crippen molar-refractivity contribution in [2.45, 2.75) is 31.8 Å². The van der Waals surface area contributed by atoms with Crippen molar-refractivity contribution in [1.29, 1.82) is 0 Å². The van der Waals surface area contributed by atoms with Gasteiger partial charge in [-0.1, -0.05) is 17.7 Å². The van der Waals surface area contributed by atoms with E-state index in [0.29, 0.717) is 16.5 Å². The molecule has 1 aromatic carbocycles. The van der Waals surface area contributed by atoms with Crippen molar-refractivity contribution in [3.05, 3.63) is 45.2 Å². The van der Waals surface area contributed by atoms with Crippen molar-refractivity contribution in [3.63, 3.8) is 0 Å². The molecule has 1 aliphatic heterocycles. The predicted octanol–water partition coefficient (Wildman–Crippen LogP) is 3.10. The number of rotatable bonds is 3. The zero-order valence-corrected chi connectivity index (χ0v) is 14.6. The van der Waals surface area contributed by atoms with E-state index in [1.54, 1.807) is 6.07 Å². The van der Waals surface area contributed by atoms with Crippen molar-refractivity contribution in [2.24, 2.45) is 0 Å². The van der Waals surface area contributed by atoms with Gasteiger partial charge in [-0.2, -0.15) is 0 Å². The molecule has 0 amide bonds. The predicted molar refractivity (Wildman–Crippen MR) is 96.2 cm³/mol. The number of nitrogens with zero attached hydrogens (tertiary/aromatic N) is 2. The Morgan fingerprint density at radius 2 is 2.13 bits per heavy atom. The molecule has 2 heterocycles. The molecule has 4 nitrogen and oxygen atoms in total. The Labute approximate surface area is 142 Å². The lowest BCUT2D eigenvalue weighted by atomic mass is 10.1. The molecule has 1 atom stereocenters. The van der Waals surface area contributed by atoms with Crippen molar-refractivity contribution >= 4 is 22.5 Å². The van der Waals surface area contributed by atoms with Gasteiger partial charge in [-0.05, 0) is 52.0 Å². The highest BCUT2D eigenvalue weighted by atomic mass is 35.5. The number of fused-ring (bicyclic) bond motifs is 1. The molecule has 1 unspecified atom stereocenters. The summed E-state index contributed by atoms with van der Waals surface area (Å²) in [5.74, 6) is 0. The molecule has 0 bridgehead atoms. The van der Waals surface area contributed by atoms with Crippen molar-refractivity contribution < 1.29 is 0 Å². The first kappa shape index (κ1) is 16.5. The summed E-state index contributed by atoms with van der Waals surface area (Å²) in [6, 6.07) is 7.82. The van der Waals surface area contributed by atoms with Gasteiger partial charge in [-0.15, -0.1) is 0 Å². The zero-order chi connectivity index (χ0) is 16.4. The summed E-state index contributed by atoms with van der Waals surface area (Å²) in [4.78, 5) is 20.4. The lowest BCUT2D eigenvalue weighted by molar-refractivity contribution is 0.244. The molecule has 23 heavy (non-hydrogen) atoms. The van der Waals surface area contributed by atoms with E-state index >= 15 is 0 Å². The summed E-state index contributed by atoms with van der Waals surface area (Å²) in [5.41, 5.74) is 1.73. The average molecular weight is 334 g/mol. The third-order valence-electron chi connectivity index (χ3n) is 4.78. The van der Waals surface area contributed by atoms with Gasteiger partial charge in [0, 0.05) is 36.3 Å². The van der Waals surface area contributed by atoms with Gasteiger partial charge < -0.3 is 9.88 Å². The molecular formula is C18H24ClN3O. The molecule has 124 valence electrons. The monoisotopic (exact) mass is 333 g/mol. The second kappa shape index (κ2) is 7.04. The molecular weight excluding hydrogens is 310 g/mol. The molecule has 1 fully saturated rings. The van der Waals surface area contributed by atoms with E-state index in [4.69, 9.17) is 11.6 Å². The lowest BCUT2D eigenvalue weighted by Gasteiger charge is -2.23. The van der Waals surface area contributed by atoms with Gasteiger partial charge in [-0.3, -0.25) is 9.69 Å². The highest BCUT2D eigenvalue weighted by Gasteiger charge is 2.19. The maximum absolute atomic E-state index is 12.3. The maximum atomic E-state index is 12.3. The van der Waals surface area contributed by atoms with E-state index in [0.717, 1.165) is 30.8 Å². The van der Waals surface area contributed by atoms with Crippen LogP contribution in [0.15, 0.2) is 29.1 Å². The highest BCUT2D eigenvalue weighted by Crippen LogP contribution is 2.20. The third kappa shape index (κ3) is 3.77. The van der Waals surface area contributed by atoms with Crippen LogP contribution in [0.5, 0.6) is 0 Å². The second-order valence-electron chi connectivity index (χ2n) is 6.65. The zero-order valence-electron chi connectivity index (χ0n) is 13.8. The Bertz CT molecular complexity index is 741. The van der Waals surface area contributed by atoms with Crippen LogP contribution in [0, 0.1) is 0 Å². The van der Waals surface area contributed by atoms with E-state index < -0.39 is 0 Å². The van der Waals surface area contributed by atoms with Crippen molar-refractivity contribution in [2.75, 3.05) is 27.2 Å². The van der Waals surface area contributed by atoms with Crippen LogP contribution in [0.2, 0.25) is 5.02 Å². The Morgan fingerprint density at radius 1 is 1.30 bits per heavy atom. The Morgan fingerprint density at radius 3 is 2.91 bits per heavy atom. The van der Waals surface area contributed by atoms with Crippen LogP contribution >= 0.6 is 11.6 Å². The summed E-state index contributed by atoms with van der Waals surface area (Å²) in [7, 11) is 4.31. The maximum Gasteiger partial charge on any atom is 0.189 e. The summed E-state index contributed by atoms with van der Waals surface area (Å²) in [5, 5.41) is 1.26. The summed E-state index contributed by atoms with van der Waals surface area (Å²) in [6.45, 7) is 2.91. The van der Waals surface area contributed by atoms with Gasteiger partial charge in [-0.25, -0.2) is 0 Å². The van der Waals surface area contributed by atoms with E-state index in [1.165, 1.54) is 19.3 Å². The number of aromatic amines is 1. The molecule has 0 saturated carbocycles. The number of likely N-dealkylation sites (tertiary alicyclic amines) is 1. The highest BCUT2D eigenvalue weighted by molar-refractivity contribution is 6.35. The van der Waals surface area contributed by atoms with Gasteiger partial charge in [0.05, 0.1) is 10.5 Å². The Balaban J connectivity index is 1.79. The number of para-hydroxylation sites is 1. The molecule has 1 aromatic heterocycles. The first-order valence-electron chi connectivity index (χ1n) is 8.24. The lowest BCUT2D eigenvalue weighted by Crippen LogP contribution is -2.30. The van der Waals surface area contributed by atoms with E-state index in [-0.39, 0.29) is 5.43 Å². The number of nitrogens with one attached hydrogen (secondary N) is 1. The van der Waals surface area contributed by atoms with Crippen LogP contribution in [0.3, 0.4) is 0 Å². The number of H-pyrrole nitrogens is 1. The largest absolute Gasteiger partial charge is 0.356 e. The van der Waals surface area contributed by atoms with Crippen LogP contribution in [0.1, 0.15) is 25.0 Å². The van der Waals surface area contributed by atoms with Crippen LogP contribution in [0.4, 0.5) is 0 Å². The van der Waals surface area contributed by atoms with Gasteiger partial charge in [0.15, 0.2) is 5.43 Å². The Kier molecular flexibility index (Phi) is 5.05. The Hall–Kier alpha value is -1.36. The average Bonchev–Trinajstić information content (AvgIpc) is 2.74. The van der Waals surface area contributed by atoms with Crippen LogP contribution in [-0.4, -0.2) is 48.0 Å². The molecule has 3 rings (SSSR count). The topological polar surface area (TPSA) is 39.3 Å². The molecule has 2 aromatic rings. The molecule has 1 saturated heterocycles. The fourth-order valence-corrected chi connectivity index (χ4v) is 3.65. The van der Waals surface area contributed by atoms with Gasteiger partial charge >= 0.3 is 0 Å². The third-order valence-corrected chi connectivity index (χ3v) is 5.10. The van der Waals surface area contributed by atoms with E-state index in [2.05, 4.69) is 28.9 Å². The molecule has 0 aliphatic carbocycles. The van der Waals surface area contributed by atoms with Crippen molar-refractivity contribution in [1.82, 2.24) is 14.8 Å². The summed E-state index contributed by atoms with van der Waals surface area (Å²) < 4.78 is 0. The minimum Gasteiger partial charge on any atom is -0.356 e. The first-order chi connectivity index (χ1) is 11.0. The fourth-order valence-electron chi connectivity index (χ4n) is 3.43. The smallest absolute Gasteiger partial charge is 0.189 e. The molecule has 1 aliphatic rings. The quantitative estimate of drug-likeness (QED) is 0.938. The summed E-state index contributed by atoms with van der Waals surface area (Å²) in [6.07, 6.45) is 3.61. The number of hydrogen-bond donors (Lipinski definition) is 1. The van der Waals surface area contributed by atoms with Crippen LogP contribution in [0.25, 0.3) is 10.9 Å². The second-order valence-corrected chi connectivity index (χ2v) is 7.05. The fraction of sp³-hybridized carbons (Fsp3) is 0.500. The molecule has 1 N–H and O–H groups in total. The van der Waals surface area contributed by atoms with Gasteiger partial charge in [0.25, 0.3) is 0 Å². The van der Waals surface area contributed by atoms with Crippen LogP contribution < -0.4 is 5.43 Å². The minimum atomic E-state index is 0.0391. The minimum absolute atomic E-state index is 0.0391. The van der Waals surface area contributed by atoms with Crippen LogP contribution in [-0.2, 0) is 6.54 Å².